The maximum Gasteiger partial charge on any atom is 0.295 e. The molecule has 1 fully saturated rings. The maximum atomic E-state index is 13.1. The molecule has 0 saturated carbocycles. The van der Waals surface area contributed by atoms with Crippen molar-refractivity contribution in [2.75, 3.05) is 40.4 Å². The number of benzene rings is 2. The molecule has 1 amide bonds. The highest BCUT2D eigenvalue weighted by Gasteiger charge is 2.45. The Morgan fingerprint density at radius 3 is 2.30 bits per heavy atom. The number of carbonyl (C=O) groups excluding carboxylic acids is 2. The van der Waals surface area contributed by atoms with Crippen molar-refractivity contribution in [1.29, 1.82) is 0 Å². The van der Waals surface area contributed by atoms with E-state index in [-0.39, 0.29) is 11.3 Å². The van der Waals surface area contributed by atoms with Gasteiger partial charge >= 0.3 is 0 Å². The van der Waals surface area contributed by atoms with Gasteiger partial charge < -0.3 is 24.4 Å². The summed E-state index contributed by atoms with van der Waals surface area (Å²) in [6.45, 7) is 5.98. The summed E-state index contributed by atoms with van der Waals surface area (Å²) in [6.07, 6.45) is 0.699. The van der Waals surface area contributed by atoms with Gasteiger partial charge in [-0.05, 0) is 82.9 Å². The third-order valence-electron chi connectivity index (χ3n) is 5.47. The van der Waals surface area contributed by atoms with E-state index in [1.807, 2.05) is 57.1 Å². The molecule has 33 heavy (non-hydrogen) atoms. The predicted octanol–water partition coefficient (Wildman–Crippen LogP) is 3.86. The van der Waals surface area contributed by atoms with Crippen LogP contribution in [0.4, 0.5) is 0 Å². The Hall–Kier alpha value is -3.32. The van der Waals surface area contributed by atoms with Crippen LogP contribution in [0, 0.1) is 0 Å². The lowest BCUT2D eigenvalue weighted by Gasteiger charge is -2.26. The highest BCUT2D eigenvalue weighted by atomic mass is 16.5. The first-order valence-corrected chi connectivity index (χ1v) is 11.3. The van der Waals surface area contributed by atoms with Gasteiger partial charge in [-0.25, -0.2) is 0 Å². The Balaban J connectivity index is 2.07. The Labute approximate surface area is 195 Å². The van der Waals surface area contributed by atoms with Gasteiger partial charge in [0, 0.05) is 12.1 Å². The summed E-state index contributed by atoms with van der Waals surface area (Å²) >= 11 is 0. The van der Waals surface area contributed by atoms with E-state index in [0.717, 1.165) is 12.1 Å². The monoisotopic (exact) mass is 452 g/mol. The van der Waals surface area contributed by atoms with Crippen molar-refractivity contribution in [3.8, 4) is 11.5 Å². The minimum atomic E-state index is -0.695. The van der Waals surface area contributed by atoms with E-state index in [1.165, 1.54) is 0 Å². The number of Topliss-reactive ketones (excluding diaryl/α,β-unsaturated/α-hetero) is 1. The predicted molar refractivity (Wildman–Crippen MR) is 127 cm³/mol. The molecule has 0 radical (unpaired) electrons. The quantitative estimate of drug-likeness (QED) is 0.335. The lowest BCUT2D eigenvalue weighted by atomic mass is 9.95. The summed E-state index contributed by atoms with van der Waals surface area (Å²) in [7, 11) is 3.92. The fourth-order valence-corrected chi connectivity index (χ4v) is 3.99. The Morgan fingerprint density at radius 1 is 1.00 bits per heavy atom. The molecule has 1 aliphatic heterocycles. The van der Waals surface area contributed by atoms with Crippen molar-refractivity contribution >= 4 is 17.4 Å². The van der Waals surface area contributed by atoms with Crippen LogP contribution in [-0.2, 0) is 9.59 Å². The molecule has 1 aliphatic rings. The number of amides is 1. The summed E-state index contributed by atoms with van der Waals surface area (Å²) < 4.78 is 11.1. The number of ether oxygens (including phenoxy) is 2. The highest BCUT2D eigenvalue weighted by molar-refractivity contribution is 6.46. The number of hydrogen-bond donors (Lipinski definition) is 1. The molecule has 0 spiro atoms. The van der Waals surface area contributed by atoms with Crippen LogP contribution in [0.2, 0.25) is 0 Å². The molecule has 176 valence electrons. The third-order valence-corrected chi connectivity index (χ3v) is 5.47. The molecule has 7 nitrogen and oxygen atoms in total. The van der Waals surface area contributed by atoms with E-state index in [9.17, 15) is 14.7 Å². The number of carbonyl (C=O) groups is 2. The number of aliphatic hydroxyl groups is 1. The van der Waals surface area contributed by atoms with Gasteiger partial charge in [0.2, 0.25) is 0 Å². The molecule has 7 heteroatoms. The lowest BCUT2D eigenvalue weighted by molar-refractivity contribution is -0.139. The zero-order chi connectivity index (χ0) is 24.0. The van der Waals surface area contributed by atoms with Gasteiger partial charge in [-0.1, -0.05) is 12.1 Å². The maximum absolute atomic E-state index is 13.1. The van der Waals surface area contributed by atoms with Crippen LogP contribution in [0.25, 0.3) is 5.76 Å². The molecule has 1 unspecified atom stereocenters. The number of ketones is 1. The van der Waals surface area contributed by atoms with Crippen molar-refractivity contribution in [3.63, 3.8) is 0 Å². The Kier molecular flexibility index (Phi) is 8.11. The van der Waals surface area contributed by atoms with Crippen molar-refractivity contribution in [2.45, 2.75) is 26.3 Å². The van der Waals surface area contributed by atoms with E-state index >= 15 is 0 Å². The normalized spacial score (nSPS) is 17.6. The van der Waals surface area contributed by atoms with Gasteiger partial charge in [0.25, 0.3) is 11.7 Å². The van der Waals surface area contributed by atoms with Crippen LogP contribution in [-0.4, -0.2) is 67.0 Å². The largest absolute Gasteiger partial charge is 0.507 e. The molecule has 1 saturated heterocycles. The van der Waals surface area contributed by atoms with E-state index in [1.54, 1.807) is 29.2 Å². The minimum absolute atomic E-state index is 0.0858. The van der Waals surface area contributed by atoms with Gasteiger partial charge in [0.15, 0.2) is 0 Å². The zero-order valence-corrected chi connectivity index (χ0v) is 19.7. The first-order valence-electron chi connectivity index (χ1n) is 11.3. The Morgan fingerprint density at radius 2 is 1.67 bits per heavy atom. The molecule has 2 aromatic carbocycles. The number of aliphatic hydroxyl groups excluding tert-OH is 1. The second-order valence-corrected chi connectivity index (χ2v) is 8.11. The fourth-order valence-electron chi connectivity index (χ4n) is 3.99. The molecule has 1 heterocycles. The first kappa shape index (κ1) is 24.3. The number of rotatable bonds is 10. The molecule has 2 aromatic rings. The summed E-state index contributed by atoms with van der Waals surface area (Å²) in [5.41, 5.74) is 1.26. The van der Waals surface area contributed by atoms with Gasteiger partial charge in [-0.3, -0.25) is 9.59 Å². The van der Waals surface area contributed by atoms with E-state index < -0.39 is 17.7 Å². The summed E-state index contributed by atoms with van der Waals surface area (Å²) in [5.74, 6) is -0.168. The first-order chi connectivity index (χ1) is 15.9. The van der Waals surface area contributed by atoms with E-state index in [2.05, 4.69) is 0 Å². The van der Waals surface area contributed by atoms with Crippen LogP contribution in [0.3, 0.4) is 0 Å². The average molecular weight is 453 g/mol. The molecular weight excluding hydrogens is 420 g/mol. The van der Waals surface area contributed by atoms with Crippen LogP contribution in [0.5, 0.6) is 11.5 Å². The minimum Gasteiger partial charge on any atom is -0.507 e. The SMILES string of the molecule is CCOc1ccc(/C(O)=C2\C(=O)C(=O)N(CCCN(C)C)C2c2cccc(OCC)c2)cc1. The van der Waals surface area contributed by atoms with Gasteiger partial charge in [0.05, 0.1) is 24.8 Å². The molecular formula is C26H32N2O5. The van der Waals surface area contributed by atoms with Crippen molar-refractivity contribution in [2.24, 2.45) is 0 Å². The average Bonchev–Trinajstić information content (AvgIpc) is 3.04. The van der Waals surface area contributed by atoms with Crippen molar-refractivity contribution in [1.82, 2.24) is 9.80 Å². The summed E-state index contributed by atoms with van der Waals surface area (Å²) in [6, 6.07) is 13.5. The Bertz CT molecular complexity index is 1010. The molecule has 0 aliphatic carbocycles. The third kappa shape index (κ3) is 5.54. The summed E-state index contributed by atoms with van der Waals surface area (Å²) in [4.78, 5) is 29.7. The number of nitrogens with zero attached hydrogens (tertiary/aromatic N) is 2. The van der Waals surface area contributed by atoms with E-state index in [0.29, 0.717) is 43.2 Å². The van der Waals surface area contributed by atoms with Gasteiger partial charge in [-0.15, -0.1) is 0 Å². The van der Waals surface area contributed by atoms with Gasteiger partial charge in [0.1, 0.15) is 17.3 Å². The van der Waals surface area contributed by atoms with Crippen LogP contribution < -0.4 is 9.47 Å². The van der Waals surface area contributed by atoms with Crippen LogP contribution >= 0.6 is 0 Å². The van der Waals surface area contributed by atoms with Crippen LogP contribution in [0.15, 0.2) is 54.1 Å². The van der Waals surface area contributed by atoms with Crippen LogP contribution in [0.1, 0.15) is 37.4 Å². The second kappa shape index (κ2) is 11.0. The number of likely N-dealkylation sites (tertiary alicyclic amines) is 1. The van der Waals surface area contributed by atoms with Crippen molar-refractivity contribution < 1.29 is 24.2 Å². The molecule has 0 aromatic heterocycles. The fraction of sp³-hybridized carbons (Fsp3) is 0.385. The standard InChI is InChI=1S/C26H32N2O5/c1-5-32-20-13-11-18(12-14-20)24(29)22-23(19-9-7-10-21(17-19)33-6-2)28(26(31)25(22)30)16-8-15-27(3)4/h7,9-14,17,23,29H,5-6,8,15-16H2,1-4H3/b24-22+. The topological polar surface area (TPSA) is 79.3 Å². The summed E-state index contributed by atoms with van der Waals surface area (Å²) in [5, 5.41) is 11.2. The molecule has 1 atom stereocenters. The number of hydrogen-bond acceptors (Lipinski definition) is 6. The molecule has 3 rings (SSSR count). The smallest absolute Gasteiger partial charge is 0.295 e. The second-order valence-electron chi connectivity index (χ2n) is 8.11. The molecule has 1 N–H and O–H groups in total. The molecule has 0 bridgehead atoms. The van der Waals surface area contributed by atoms with E-state index in [4.69, 9.17) is 9.47 Å². The van der Waals surface area contributed by atoms with Crippen molar-refractivity contribution in [3.05, 3.63) is 65.2 Å². The zero-order valence-electron chi connectivity index (χ0n) is 19.7. The van der Waals surface area contributed by atoms with Gasteiger partial charge in [-0.2, -0.15) is 0 Å². The highest BCUT2D eigenvalue weighted by Crippen LogP contribution is 2.40. The lowest BCUT2D eigenvalue weighted by Crippen LogP contribution is -2.32.